The summed E-state index contributed by atoms with van der Waals surface area (Å²) < 4.78 is 141. The maximum atomic E-state index is 14.2. The Labute approximate surface area is 179 Å². The Kier molecular flexibility index (Phi) is 10.6. The van der Waals surface area contributed by atoms with Gasteiger partial charge in [0, 0.05) is 23.3 Å². The number of carbonyl (C=O) groups is 1. The van der Waals surface area contributed by atoms with Crippen LogP contribution in [0.15, 0.2) is 0 Å². The molecule has 0 aliphatic rings. The van der Waals surface area contributed by atoms with E-state index >= 15 is 0 Å². The lowest BCUT2D eigenvalue weighted by Crippen LogP contribution is -2.68. The second-order valence-electron chi connectivity index (χ2n) is 6.72. The fourth-order valence-electron chi connectivity index (χ4n) is 2.43. The van der Waals surface area contributed by atoms with Crippen LogP contribution in [0.5, 0.6) is 0 Å². The number of halogens is 12. The Bertz CT molecular complexity index is 550. The van der Waals surface area contributed by atoms with Crippen LogP contribution in [0.3, 0.4) is 0 Å². The van der Waals surface area contributed by atoms with Crippen molar-refractivity contribution in [2.24, 2.45) is 0 Å². The molecule has 0 aliphatic carbocycles. The highest BCUT2D eigenvalue weighted by atomic mass is 127. The molecule has 1 amide bonds. The van der Waals surface area contributed by atoms with Crippen molar-refractivity contribution >= 4 is 28.5 Å². The molecule has 180 valence electrons. The molecule has 14 heteroatoms. The average molecular weight is 579 g/mol. The first-order chi connectivity index (χ1) is 13.3. The molecular formula is C16H21F11INO. The van der Waals surface area contributed by atoms with E-state index in [1.54, 1.807) is 0 Å². The SMILES string of the molecule is CCCCCCCC(=O)NCC(I)CC(F)(C(F)(F)F)C(F)(F)C(F)(F)C(F)(F)F. The van der Waals surface area contributed by atoms with E-state index in [4.69, 9.17) is 0 Å². The predicted octanol–water partition coefficient (Wildman–Crippen LogP) is 6.76. The minimum atomic E-state index is -7.28. The zero-order valence-corrected chi connectivity index (χ0v) is 17.8. The van der Waals surface area contributed by atoms with E-state index in [0.717, 1.165) is 41.9 Å². The predicted molar refractivity (Wildman–Crippen MR) is 94.7 cm³/mol. The molecular weight excluding hydrogens is 558 g/mol. The van der Waals surface area contributed by atoms with Crippen molar-refractivity contribution in [2.75, 3.05) is 6.54 Å². The van der Waals surface area contributed by atoms with Crippen LogP contribution in [0.4, 0.5) is 48.3 Å². The lowest BCUT2D eigenvalue weighted by atomic mass is 9.86. The second kappa shape index (κ2) is 10.8. The molecule has 1 N–H and O–H groups in total. The van der Waals surface area contributed by atoms with E-state index in [0.29, 0.717) is 12.8 Å². The fraction of sp³-hybridized carbons (Fsp3) is 0.938. The lowest BCUT2D eigenvalue weighted by Gasteiger charge is -2.40. The van der Waals surface area contributed by atoms with Gasteiger partial charge in [0.1, 0.15) is 0 Å². The maximum absolute atomic E-state index is 14.2. The normalized spacial score (nSPS) is 16.8. The molecule has 0 aromatic rings. The van der Waals surface area contributed by atoms with Gasteiger partial charge >= 0.3 is 24.2 Å². The summed E-state index contributed by atoms with van der Waals surface area (Å²) >= 11 is 0.971. The topological polar surface area (TPSA) is 29.1 Å². The number of carbonyl (C=O) groups excluding carboxylic acids is 1. The van der Waals surface area contributed by atoms with Gasteiger partial charge in [-0.3, -0.25) is 4.79 Å². The summed E-state index contributed by atoms with van der Waals surface area (Å²) in [4.78, 5) is 11.6. The number of alkyl halides is 12. The Balaban J connectivity index is 5.21. The monoisotopic (exact) mass is 579 g/mol. The Morgan fingerprint density at radius 2 is 1.30 bits per heavy atom. The molecule has 0 spiro atoms. The number of nitrogens with one attached hydrogen (secondary N) is 1. The van der Waals surface area contributed by atoms with Gasteiger partial charge in [-0.2, -0.15) is 43.9 Å². The van der Waals surface area contributed by atoms with Crippen molar-refractivity contribution in [1.82, 2.24) is 5.32 Å². The van der Waals surface area contributed by atoms with E-state index in [1.165, 1.54) is 0 Å². The van der Waals surface area contributed by atoms with Crippen LogP contribution < -0.4 is 5.32 Å². The van der Waals surface area contributed by atoms with Crippen molar-refractivity contribution in [1.29, 1.82) is 0 Å². The molecule has 2 atom stereocenters. The van der Waals surface area contributed by atoms with Crippen LogP contribution in [0.1, 0.15) is 51.9 Å². The molecule has 0 fully saturated rings. The summed E-state index contributed by atoms with van der Waals surface area (Å²) in [6.07, 6.45) is -12.6. The van der Waals surface area contributed by atoms with Gasteiger partial charge in [0.25, 0.3) is 5.67 Å². The number of rotatable bonds is 12. The third-order valence-electron chi connectivity index (χ3n) is 4.23. The zero-order chi connectivity index (χ0) is 24.0. The standard InChI is InChI=1S/C16H21F11INO/c1-2-3-4-5-6-7-11(30)29-9-10(28)8-12(17,15(22,23)24)13(18,19)14(20,21)16(25,26)27/h10H,2-9H2,1H3,(H,29,30). The highest BCUT2D eigenvalue weighted by molar-refractivity contribution is 14.1. The van der Waals surface area contributed by atoms with Gasteiger partial charge in [-0.25, -0.2) is 4.39 Å². The molecule has 0 bridgehead atoms. The summed E-state index contributed by atoms with van der Waals surface area (Å²) in [6.45, 7) is 1.12. The van der Waals surface area contributed by atoms with Crippen LogP contribution >= 0.6 is 22.6 Å². The molecule has 0 radical (unpaired) electrons. The summed E-state index contributed by atoms with van der Waals surface area (Å²) in [6, 6.07) is 0. The van der Waals surface area contributed by atoms with Crippen molar-refractivity contribution in [3.05, 3.63) is 0 Å². The smallest absolute Gasteiger partial charge is 0.355 e. The van der Waals surface area contributed by atoms with Crippen molar-refractivity contribution in [3.63, 3.8) is 0 Å². The molecule has 2 unspecified atom stereocenters. The molecule has 0 saturated carbocycles. The number of hydrogen-bond donors (Lipinski definition) is 1. The van der Waals surface area contributed by atoms with E-state index in [9.17, 15) is 53.1 Å². The van der Waals surface area contributed by atoms with Crippen molar-refractivity contribution in [2.45, 2.75) is 85.7 Å². The molecule has 0 aromatic carbocycles. The largest absolute Gasteiger partial charge is 0.460 e. The lowest BCUT2D eigenvalue weighted by molar-refractivity contribution is -0.412. The van der Waals surface area contributed by atoms with Crippen LogP contribution in [0, 0.1) is 0 Å². The molecule has 30 heavy (non-hydrogen) atoms. The van der Waals surface area contributed by atoms with Crippen LogP contribution in [0.2, 0.25) is 0 Å². The Morgan fingerprint density at radius 3 is 1.73 bits per heavy atom. The van der Waals surface area contributed by atoms with Gasteiger partial charge in [0.05, 0.1) is 0 Å². The van der Waals surface area contributed by atoms with E-state index in [2.05, 4.69) is 0 Å². The summed E-state index contributed by atoms with van der Waals surface area (Å²) in [5, 5.41) is 2.03. The molecule has 0 heterocycles. The highest BCUT2D eigenvalue weighted by Gasteiger charge is 2.86. The van der Waals surface area contributed by atoms with Crippen molar-refractivity contribution < 1.29 is 53.1 Å². The number of amides is 1. The summed E-state index contributed by atoms with van der Waals surface area (Å²) in [5.74, 6) is -15.1. The van der Waals surface area contributed by atoms with Gasteiger partial charge < -0.3 is 5.32 Å². The van der Waals surface area contributed by atoms with Crippen LogP contribution in [0.25, 0.3) is 0 Å². The van der Waals surface area contributed by atoms with Gasteiger partial charge in [0.2, 0.25) is 5.91 Å². The van der Waals surface area contributed by atoms with Gasteiger partial charge in [0.15, 0.2) is 0 Å². The van der Waals surface area contributed by atoms with E-state index < -0.39 is 52.7 Å². The third kappa shape index (κ3) is 6.97. The van der Waals surface area contributed by atoms with E-state index in [-0.39, 0.29) is 6.42 Å². The van der Waals surface area contributed by atoms with Gasteiger partial charge in [-0.15, -0.1) is 0 Å². The van der Waals surface area contributed by atoms with Crippen LogP contribution in [-0.4, -0.2) is 46.2 Å². The molecule has 0 rings (SSSR count). The van der Waals surface area contributed by atoms with Crippen LogP contribution in [-0.2, 0) is 4.79 Å². The minimum absolute atomic E-state index is 0.0601. The first-order valence-corrected chi connectivity index (χ1v) is 10.1. The number of hydrogen-bond acceptors (Lipinski definition) is 1. The van der Waals surface area contributed by atoms with Crippen molar-refractivity contribution in [3.8, 4) is 0 Å². The molecule has 0 aliphatic heterocycles. The Morgan fingerprint density at radius 1 is 0.800 bits per heavy atom. The summed E-state index contributed by atoms with van der Waals surface area (Å²) in [5.41, 5.74) is -6.18. The second-order valence-corrected chi connectivity index (χ2v) is 8.48. The fourth-order valence-corrected chi connectivity index (χ4v) is 3.26. The molecule has 2 nitrogen and oxygen atoms in total. The molecule has 0 aromatic heterocycles. The Hall–Kier alpha value is -0.570. The zero-order valence-electron chi connectivity index (χ0n) is 15.7. The highest BCUT2D eigenvalue weighted by Crippen LogP contribution is 2.58. The first kappa shape index (κ1) is 29.4. The van der Waals surface area contributed by atoms with E-state index in [1.807, 2.05) is 12.2 Å². The van der Waals surface area contributed by atoms with Gasteiger partial charge in [-0.05, 0) is 6.42 Å². The van der Waals surface area contributed by atoms with Gasteiger partial charge in [-0.1, -0.05) is 55.2 Å². The number of unbranched alkanes of at least 4 members (excludes halogenated alkanes) is 4. The summed E-state index contributed by atoms with van der Waals surface area (Å²) in [7, 11) is 0. The average Bonchev–Trinajstić information content (AvgIpc) is 2.57. The third-order valence-corrected chi connectivity index (χ3v) is 5.11. The molecule has 0 saturated heterocycles. The maximum Gasteiger partial charge on any atom is 0.460 e. The quantitative estimate of drug-likeness (QED) is 0.118. The first-order valence-electron chi connectivity index (χ1n) is 8.84. The minimum Gasteiger partial charge on any atom is -0.355 e.